The van der Waals surface area contributed by atoms with Gasteiger partial charge in [-0.05, 0) is 26.7 Å². The molecule has 0 aliphatic heterocycles. The van der Waals surface area contributed by atoms with Gasteiger partial charge in [0.25, 0.3) is 0 Å². The minimum absolute atomic E-state index is 0.316. The van der Waals surface area contributed by atoms with Crippen LogP contribution < -0.4 is 0 Å². The average Bonchev–Trinajstić information content (AvgIpc) is 2.21. The smallest absolute Gasteiger partial charge is 0.0704 e. The van der Waals surface area contributed by atoms with Gasteiger partial charge in [0, 0.05) is 3.92 Å². The van der Waals surface area contributed by atoms with Crippen LogP contribution in [0, 0.1) is 0 Å². The fourth-order valence-corrected chi connectivity index (χ4v) is 3.08. The number of halogens is 1. The quantitative estimate of drug-likeness (QED) is 0.429. The SMILES string of the molecule is CC(C)OCCOC1CCCCCCC1I. The van der Waals surface area contributed by atoms with E-state index in [1.54, 1.807) is 0 Å². The Bertz CT molecular complexity index is 173. The van der Waals surface area contributed by atoms with Gasteiger partial charge in [0.15, 0.2) is 0 Å². The minimum atomic E-state index is 0.316. The molecule has 1 aliphatic rings. The number of rotatable bonds is 5. The van der Waals surface area contributed by atoms with Gasteiger partial charge in [0.05, 0.1) is 25.4 Å². The monoisotopic (exact) mass is 340 g/mol. The molecule has 0 spiro atoms. The van der Waals surface area contributed by atoms with Crippen LogP contribution in [0.3, 0.4) is 0 Å². The maximum absolute atomic E-state index is 5.95. The predicted octanol–water partition coefficient (Wildman–Crippen LogP) is 3.95. The molecule has 1 aliphatic carbocycles. The number of alkyl halides is 1. The Morgan fingerprint density at radius 2 is 1.75 bits per heavy atom. The van der Waals surface area contributed by atoms with Crippen LogP contribution in [0.4, 0.5) is 0 Å². The van der Waals surface area contributed by atoms with Crippen molar-refractivity contribution in [3.8, 4) is 0 Å². The maximum atomic E-state index is 5.95. The van der Waals surface area contributed by atoms with Gasteiger partial charge >= 0.3 is 0 Å². The summed E-state index contributed by atoms with van der Waals surface area (Å²) in [6.45, 7) is 5.62. The highest BCUT2D eigenvalue weighted by Gasteiger charge is 2.20. The van der Waals surface area contributed by atoms with E-state index in [0.29, 0.717) is 16.1 Å². The molecule has 0 amide bonds. The molecule has 0 N–H and O–H groups in total. The molecular weight excluding hydrogens is 315 g/mol. The van der Waals surface area contributed by atoms with E-state index in [4.69, 9.17) is 9.47 Å². The van der Waals surface area contributed by atoms with Crippen LogP contribution >= 0.6 is 22.6 Å². The van der Waals surface area contributed by atoms with E-state index in [1.807, 2.05) is 0 Å². The Balaban J connectivity index is 2.16. The fourth-order valence-electron chi connectivity index (χ4n) is 2.08. The molecule has 1 rings (SSSR count). The molecule has 0 heterocycles. The standard InChI is InChI=1S/C13H25IO2/c1-11(2)15-9-10-16-13-8-6-4-3-5-7-12(13)14/h11-13H,3-10H2,1-2H3. The summed E-state index contributed by atoms with van der Waals surface area (Å²) in [6, 6.07) is 0. The van der Waals surface area contributed by atoms with Crippen molar-refractivity contribution in [1.82, 2.24) is 0 Å². The van der Waals surface area contributed by atoms with E-state index in [0.717, 1.165) is 13.2 Å². The zero-order chi connectivity index (χ0) is 11.8. The minimum Gasteiger partial charge on any atom is -0.376 e. The van der Waals surface area contributed by atoms with E-state index in [-0.39, 0.29) is 0 Å². The highest BCUT2D eigenvalue weighted by atomic mass is 127. The van der Waals surface area contributed by atoms with E-state index in [2.05, 4.69) is 36.4 Å². The lowest BCUT2D eigenvalue weighted by atomic mass is 9.98. The molecule has 3 heteroatoms. The molecule has 96 valence electrons. The van der Waals surface area contributed by atoms with Crippen molar-refractivity contribution in [2.45, 2.75) is 68.5 Å². The van der Waals surface area contributed by atoms with Crippen LogP contribution in [0.2, 0.25) is 0 Å². The zero-order valence-corrected chi connectivity index (χ0v) is 12.7. The third-order valence-electron chi connectivity index (χ3n) is 2.99. The summed E-state index contributed by atoms with van der Waals surface area (Å²) in [5.74, 6) is 0. The Kier molecular flexibility index (Phi) is 8.00. The highest BCUT2D eigenvalue weighted by molar-refractivity contribution is 14.1. The molecule has 1 fully saturated rings. The van der Waals surface area contributed by atoms with Crippen molar-refractivity contribution in [1.29, 1.82) is 0 Å². The molecule has 1 saturated carbocycles. The summed E-state index contributed by atoms with van der Waals surface area (Å²) in [5, 5.41) is 0. The lowest BCUT2D eigenvalue weighted by molar-refractivity contribution is -0.0165. The number of hydrogen-bond donors (Lipinski definition) is 0. The molecule has 0 aromatic rings. The lowest BCUT2D eigenvalue weighted by Crippen LogP contribution is -2.27. The van der Waals surface area contributed by atoms with Crippen molar-refractivity contribution < 1.29 is 9.47 Å². The second kappa shape index (κ2) is 8.70. The first-order valence-corrected chi connectivity index (χ1v) is 7.82. The average molecular weight is 340 g/mol. The summed E-state index contributed by atoms with van der Waals surface area (Å²) >= 11 is 2.56. The molecule has 16 heavy (non-hydrogen) atoms. The van der Waals surface area contributed by atoms with Gasteiger partial charge in [-0.15, -0.1) is 0 Å². The highest BCUT2D eigenvalue weighted by Crippen LogP contribution is 2.25. The summed E-state index contributed by atoms with van der Waals surface area (Å²) in [4.78, 5) is 0. The largest absolute Gasteiger partial charge is 0.376 e. The molecule has 2 atom stereocenters. The molecule has 2 nitrogen and oxygen atoms in total. The maximum Gasteiger partial charge on any atom is 0.0704 e. The van der Waals surface area contributed by atoms with Crippen molar-refractivity contribution in [3.05, 3.63) is 0 Å². The second-order valence-corrected chi connectivity index (χ2v) is 6.44. The first kappa shape index (κ1) is 14.7. The molecule has 0 saturated heterocycles. The molecule has 2 unspecified atom stereocenters. The lowest BCUT2D eigenvalue weighted by Gasteiger charge is -2.25. The Morgan fingerprint density at radius 1 is 1.06 bits per heavy atom. The van der Waals surface area contributed by atoms with Gasteiger partial charge < -0.3 is 9.47 Å². The van der Waals surface area contributed by atoms with Crippen LogP contribution in [0.1, 0.15) is 52.4 Å². The van der Waals surface area contributed by atoms with Crippen molar-refractivity contribution in [2.75, 3.05) is 13.2 Å². The third kappa shape index (κ3) is 6.40. The predicted molar refractivity (Wildman–Crippen MR) is 76.3 cm³/mol. The first-order chi connectivity index (χ1) is 7.70. The summed E-state index contributed by atoms with van der Waals surface area (Å²) in [5.41, 5.74) is 0. The first-order valence-electron chi connectivity index (χ1n) is 6.57. The molecule has 0 radical (unpaired) electrons. The van der Waals surface area contributed by atoms with Crippen LogP contribution in [0.25, 0.3) is 0 Å². The molecule has 0 aromatic heterocycles. The van der Waals surface area contributed by atoms with Gasteiger partial charge in [-0.25, -0.2) is 0 Å². The van der Waals surface area contributed by atoms with E-state index >= 15 is 0 Å². The number of hydrogen-bond acceptors (Lipinski definition) is 2. The van der Waals surface area contributed by atoms with E-state index in [9.17, 15) is 0 Å². The van der Waals surface area contributed by atoms with Crippen LogP contribution in [-0.2, 0) is 9.47 Å². The summed E-state index contributed by atoms with van der Waals surface area (Å²) in [6.07, 6.45) is 8.80. The normalized spacial score (nSPS) is 27.8. The molecular formula is C13H25IO2. The van der Waals surface area contributed by atoms with Crippen molar-refractivity contribution >= 4 is 22.6 Å². The Labute approximate surface area is 114 Å². The number of ether oxygens (including phenoxy) is 2. The summed E-state index contributed by atoms with van der Waals surface area (Å²) < 4.78 is 12.1. The van der Waals surface area contributed by atoms with Gasteiger partial charge in [0.1, 0.15) is 0 Å². The van der Waals surface area contributed by atoms with Crippen LogP contribution in [-0.4, -0.2) is 29.3 Å². The van der Waals surface area contributed by atoms with Gasteiger partial charge in [-0.3, -0.25) is 0 Å². The second-order valence-electron chi connectivity index (χ2n) is 4.84. The van der Waals surface area contributed by atoms with Gasteiger partial charge in [-0.1, -0.05) is 48.3 Å². The van der Waals surface area contributed by atoms with Gasteiger partial charge in [-0.2, -0.15) is 0 Å². The van der Waals surface area contributed by atoms with E-state index < -0.39 is 0 Å². The molecule has 0 bridgehead atoms. The van der Waals surface area contributed by atoms with Gasteiger partial charge in [0.2, 0.25) is 0 Å². The van der Waals surface area contributed by atoms with Crippen molar-refractivity contribution in [2.24, 2.45) is 0 Å². The van der Waals surface area contributed by atoms with Crippen molar-refractivity contribution in [3.63, 3.8) is 0 Å². The fraction of sp³-hybridized carbons (Fsp3) is 1.00. The van der Waals surface area contributed by atoms with Crippen LogP contribution in [0.5, 0.6) is 0 Å². The third-order valence-corrected chi connectivity index (χ3v) is 4.41. The van der Waals surface area contributed by atoms with E-state index in [1.165, 1.54) is 38.5 Å². The zero-order valence-electron chi connectivity index (χ0n) is 10.6. The topological polar surface area (TPSA) is 18.5 Å². The Morgan fingerprint density at radius 3 is 2.44 bits per heavy atom. The Hall–Kier alpha value is 0.650. The summed E-state index contributed by atoms with van der Waals surface area (Å²) in [7, 11) is 0. The van der Waals surface area contributed by atoms with Crippen LogP contribution in [0.15, 0.2) is 0 Å². The molecule has 0 aromatic carbocycles.